The SMILES string of the molecule is N#CC1(CC(=O)[C@H](Cc2cc(F)c(O)c(F)c2)N[C@@H](c2ccc(F)cc2)C(F)F)CC1. The van der Waals surface area contributed by atoms with Gasteiger partial charge in [-0.3, -0.25) is 10.1 Å². The standard InChI is InChI=1S/C22H19F5N2O2/c23-14-3-1-13(2-4-14)19(21(26)27)29-17(18(30)10-22(11-28)5-6-22)9-12-7-15(24)20(31)16(25)8-12/h1-4,7-8,17,19,21,29,31H,5-6,9-10H2/t17-,19-/m0/s1. The molecule has 2 aromatic carbocycles. The highest BCUT2D eigenvalue weighted by molar-refractivity contribution is 5.85. The van der Waals surface area contributed by atoms with Crippen molar-refractivity contribution in [2.24, 2.45) is 5.41 Å². The van der Waals surface area contributed by atoms with Crippen LogP contribution in [0.3, 0.4) is 0 Å². The Morgan fingerprint density at radius 3 is 2.19 bits per heavy atom. The van der Waals surface area contributed by atoms with Gasteiger partial charge in [0, 0.05) is 6.42 Å². The summed E-state index contributed by atoms with van der Waals surface area (Å²) in [5.74, 6) is -4.86. The van der Waals surface area contributed by atoms with Gasteiger partial charge in [-0.05, 0) is 54.7 Å². The van der Waals surface area contributed by atoms with E-state index in [1.54, 1.807) is 0 Å². The molecule has 1 fully saturated rings. The highest BCUT2D eigenvalue weighted by Gasteiger charge is 2.46. The van der Waals surface area contributed by atoms with Crippen LogP contribution < -0.4 is 5.32 Å². The number of nitriles is 1. The molecule has 0 aliphatic heterocycles. The van der Waals surface area contributed by atoms with Crippen LogP contribution in [0.1, 0.15) is 36.4 Å². The van der Waals surface area contributed by atoms with E-state index in [9.17, 15) is 37.1 Å². The quantitative estimate of drug-likeness (QED) is 0.562. The summed E-state index contributed by atoms with van der Waals surface area (Å²) in [6, 6.07) is 5.04. The number of hydrogen-bond acceptors (Lipinski definition) is 4. The number of hydrogen-bond donors (Lipinski definition) is 2. The van der Waals surface area contributed by atoms with E-state index in [0.717, 1.165) is 36.4 Å². The van der Waals surface area contributed by atoms with Gasteiger partial charge < -0.3 is 5.11 Å². The molecule has 1 saturated carbocycles. The summed E-state index contributed by atoms with van der Waals surface area (Å²) in [6.45, 7) is 0. The lowest BCUT2D eigenvalue weighted by Gasteiger charge is -2.26. The number of carbonyl (C=O) groups excluding carboxylic acids is 1. The molecule has 0 saturated heterocycles. The first-order valence-electron chi connectivity index (χ1n) is 9.54. The van der Waals surface area contributed by atoms with Crippen molar-refractivity contribution < 1.29 is 31.9 Å². The average Bonchev–Trinajstić information content (AvgIpc) is 3.49. The zero-order valence-electron chi connectivity index (χ0n) is 16.2. The Morgan fingerprint density at radius 2 is 1.71 bits per heavy atom. The number of rotatable bonds is 9. The van der Waals surface area contributed by atoms with Gasteiger partial charge in [-0.25, -0.2) is 22.0 Å². The first kappa shape index (κ1) is 22.7. The number of ketones is 1. The lowest BCUT2D eigenvalue weighted by Crippen LogP contribution is -2.44. The Morgan fingerprint density at radius 1 is 1.13 bits per heavy atom. The van der Waals surface area contributed by atoms with Crippen LogP contribution in [0.25, 0.3) is 0 Å². The van der Waals surface area contributed by atoms with E-state index in [2.05, 4.69) is 11.4 Å². The van der Waals surface area contributed by atoms with E-state index in [1.165, 1.54) is 0 Å². The number of Topliss-reactive ketones (excluding diaryl/α,β-unsaturated/α-hetero) is 1. The van der Waals surface area contributed by atoms with Gasteiger partial charge in [0.2, 0.25) is 0 Å². The molecular weight excluding hydrogens is 419 g/mol. The van der Waals surface area contributed by atoms with Crippen molar-refractivity contribution in [2.75, 3.05) is 0 Å². The summed E-state index contributed by atoms with van der Waals surface area (Å²) < 4.78 is 68.2. The van der Waals surface area contributed by atoms with Crippen molar-refractivity contribution in [1.29, 1.82) is 5.26 Å². The second kappa shape index (κ2) is 9.02. The molecule has 2 N–H and O–H groups in total. The van der Waals surface area contributed by atoms with E-state index in [0.29, 0.717) is 12.8 Å². The van der Waals surface area contributed by atoms with Crippen LogP contribution in [0.4, 0.5) is 22.0 Å². The summed E-state index contributed by atoms with van der Waals surface area (Å²) >= 11 is 0. The second-order valence-corrected chi connectivity index (χ2v) is 7.73. The number of nitrogens with zero attached hydrogens (tertiary/aromatic N) is 1. The van der Waals surface area contributed by atoms with Crippen molar-refractivity contribution in [3.8, 4) is 11.8 Å². The van der Waals surface area contributed by atoms with Crippen LogP contribution in [0, 0.1) is 34.2 Å². The molecule has 0 aromatic heterocycles. The van der Waals surface area contributed by atoms with E-state index in [-0.39, 0.29) is 24.0 Å². The summed E-state index contributed by atoms with van der Waals surface area (Å²) in [4.78, 5) is 12.9. The van der Waals surface area contributed by atoms with Gasteiger partial charge in [0.1, 0.15) is 5.82 Å². The van der Waals surface area contributed by atoms with Crippen molar-refractivity contribution in [2.45, 2.75) is 44.2 Å². The third-order valence-electron chi connectivity index (χ3n) is 5.37. The minimum absolute atomic E-state index is 0.0266. The Hall–Kier alpha value is -2.99. The van der Waals surface area contributed by atoms with Gasteiger partial charge in [-0.1, -0.05) is 12.1 Å². The largest absolute Gasteiger partial charge is 0.503 e. The molecular formula is C22H19F5N2O2. The summed E-state index contributed by atoms with van der Waals surface area (Å²) in [5, 5.41) is 21.0. The van der Waals surface area contributed by atoms with Gasteiger partial charge in [0.15, 0.2) is 23.2 Å². The fraction of sp³-hybridized carbons (Fsp3) is 0.364. The van der Waals surface area contributed by atoms with Crippen LogP contribution in [-0.2, 0) is 11.2 Å². The number of alkyl halides is 2. The topological polar surface area (TPSA) is 73.1 Å². The molecule has 2 aromatic rings. The third kappa shape index (κ3) is 5.39. The normalized spacial score (nSPS) is 16.5. The molecule has 0 radical (unpaired) electrons. The minimum atomic E-state index is -2.97. The Balaban J connectivity index is 1.89. The predicted octanol–water partition coefficient (Wildman–Crippen LogP) is 4.58. The van der Waals surface area contributed by atoms with Gasteiger partial charge in [0.25, 0.3) is 6.43 Å². The number of benzene rings is 2. The monoisotopic (exact) mass is 438 g/mol. The smallest absolute Gasteiger partial charge is 0.257 e. The molecule has 31 heavy (non-hydrogen) atoms. The van der Waals surface area contributed by atoms with E-state index >= 15 is 0 Å². The molecule has 4 nitrogen and oxygen atoms in total. The van der Waals surface area contributed by atoms with Crippen LogP contribution >= 0.6 is 0 Å². The van der Waals surface area contributed by atoms with E-state index < -0.39 is 52.9 Å². The Bertz CT molecular complexity index is 977. The third-order valence-corrected chi connectivity index (χ3v) is 5.37. The van der Waals surface area contributed by atoms with Crippen molar-refractivity contribution >= 4 is 5.78 Å². The molecule has 1 aliphatic carbocycles. The average molecular weight is 438 g/mol. The lowest BCUT2D eigenvalue weighted by atomic mass is 9.92. The number of aromatic hydroxyl groups is 1. The fourth-order valence-electron chi connectivity index (χ4n) is 3.37. The molecule has 9 heteroatoms. The highest BCUT2D eigenvalue weighted by atomic mass is 19.3. The molecule has 0 heterocycles. The summed E-state index contributed by atoms with van der Waals surface area (Å²) in [5.41, 5.74) is -0.857. The number of carbonyl (C=O) groups is 1. The van der Waals surface area contributed by atoms with E-state index in [1.807, 2.05) is 0 Å². The van der Waals surface area contributed by atoms with Gasteiger partial charge in [0.05, 0.1) is 23.6 Å². The molecule has 1 aliphatic rings. The first-order valence-corrected chi connectivity index (χ1v) is 9.54. The maximum Gasteiger partial charge on any atom is 0.257 e. The van der Waals surface area contributed by atoms with Crippen molar-refractivity contribution in [3.05, 3.63) is 65.0 Å². The Kier molecular flexibility index (Phi) is 6.60. The van der Waals surface area contributed by atoms with Crippen LogP contribution in [0.5, 0.6) is 5.75 Å². The molecule has 0 bridgehead atoms. The van der Waals surface area contributed by atoms with Gasteiger partial charge in [-0.15, -0.1) is 0 Å². The molecule has 0 spiro atoms. The molecule has 164 valence electrons. The van der Waals surface area contributed by atoms with Crippen molar-refractivity contribution in [1.82, 2.24) is 5.32 Å². The summed E-state index contributed by atoms with van der Waals surface area (Å²) in [6.07, 6.45) is -2.51. The maximum absolute atomic E-state index is 13.8. The zero-order chi connectivity index (χ0) is 22.8. The number of phenols is 1. The molecule has 3 rings (SSSR count). The molecule has 0 amide bonds. The maximum atomic E-state index is 13.8. The zero-order valence-corrected chi connectivity index (χ0v) is 16.2. The lowest BCUT2D eigenvalue weighted by molar-refractivity contribution is -0.122. The van der Waals surface area contributed by atoms with Crippen LogP contribution in [0.2, 0.25) is 0 Å². The van der Waals surface area contributed by atoms with E-state index in [4.69, 9.17) is 0 Å². The molecule has 0 unspecified atom stereocenters. The minimum Gasteiger partial charge on any atom is -0.503 e. The number of halogens is 5. The van der Waals surface area contributed by atoms with Crippen molar-refractivity contribution in [3.63, 3.8) is 0 Å². The molecule has 2 atom stereocenters. The number of nitrogens with one attached hydrogen (secondary N) is 1. The first-order chi connectivity index (χ1) is 14.6. The highest BCUT2D eigenvalue weighted by Crippen LogP contribution is 2.48. The summed E-state index contributed by atoms with van der Waals surface area (Å²) in [7, 11) is 0. The number of phenolic OH excluding ortho intramolecular Hbond substituents is 1. The fourth-order valence-corrected chi connectivity index (χ4v) is 3.37. The van der Waals surface area contributed by atoms with Crippen LogP contribution in [-0.4, -0.2) is 23.4 Å². The Labute approximate surface area is 175 Å². The predicted molar refractivity (Wildman–Crippen MR) is 101 cm³/mol. The van der Waals surface area contributed by atoms with Gasteiger partial charge in [-0.2, -0.15) is 5.26 Å². The second-order valence-electron chi connectivity index (χ2n) is 7.73. The van der Waals surface area contributed by atoms with Crippen LogP contribution in [0.15, 0.2) is 36.4 Å². The van der Waals surface area contributed by atoms with Gasteiger partial charge >= 0.3 is 0 Å².